The van der Waals surface area contributed by atoms with Crippen LogP contribution in [-0.2, 0) is 14.3 Å². The highest BCUT2D eigenvalue weighted by molar-refractivity contribution is 5.91. The number of hydrogen-bond donors (Lipinski definition) is 0. The van der Waals surface area contributed by atoms with Crippen LogP contribution in [0.25, 0.3) is 6.08 Å². The Kier molecular flexibility index (Phi) is 6.89. The summed E-state index contributed by atoms with van der Waals surface area (Å²) in [6, 6.07) is 14.4. The second-order valence-electron chi connectivity index (χ2n) is 6.70. The first kappa shape index (κ1) is 20.5. The van der Waals surface area contributed by atoms with Crippen molar-refractivity contribution in [3.8, 4) is 11.5 Å². The number of esters is 1. The van der Waals surface area contributed by atoms with Gasteiger partial charge in [0.05, 0.1) is 14.2 Å². The van der Waals surface area contributed by atoms with Crippen LogP contribution in [0.2, 0.25) is 0 Å². The molecule has 3 rings (SSSR count). The number of methoxy groups -OCH3 is 2. The van der Waals surface area contributed by atoms with Crippen LogP contribution in [0.5, 0.6) is 11.5 Å². The first-order chi connectivity index (χ1) is 14.1. The molecule has 1 heterocycles. The van der Waals surface area contributed by atoms with Crippen molar-refractivity contribution in [3.63, 3.8) is 0 Å². The number of benzene rings is 2. The van der Waals surface area contributed by atoms with Gasteiger partial charge in [0.25, 0.3) is 5.91 Å². The Labute approximate surface area is 170 Å². The third kappa shape index (κ3) is 5.16. The molecule has 0 saturated carbocycles. The minimum Gasteiger partial charge on any atom is -0.497 e. The Morgan fingerprint density at radius 1 is 1.00 bits per heavy atom. The van der Waals surface area contributed by atoms with Crippen molar-refractivity contribution in [3.05, 3.63) is 65.7 Å². The van der Waals surface area contributed by atoms with Gasteiger partial charge in [0.1, 0.15) is 11.5 Å². The van der Waals surface area contributed by atoms with E-state index in [9.17, 15) is 9.59 Å². The average molecular weight is 395 g/mol. The summed E-state index contributed by atoms with van der Waals surface area (Å²) >= 11 is 0. The number of amides is 1. The van der Waals surface area contributed by atoms with Crippen molar-refractivity contribution in [2.75, 3.05) is 27.3 Å². The van der Waals surface area contributed by atoms with Gasteiger partial charge in [-0.3, -0.25) is 4.79 Å². The first-order valence-electron chi connectivity index (χ1n) is 9.57. The maximum atomic E-state index is 12.9. The molecule has 0 unspecified atom stereocenters. The van der Waals surface area contributed by atoms with E-state index in [0.717, 1.165) is 12.8 Å². The lowest BCUT2D eigenvalue weighted by molar-refractivity contribution is -0.156. The first-order valence-corrected chi connectivity index (χ1v) is 9.57. The van der Waals surface area contributed by atoms with E-state index in [-0.39, 0.29) is 5.91 Å². The van der Waals surface area contributed by atoms with Crippen LogP contribution in [0, 0.1) is 0 Å². The average Bonchev–Trinajstić information content (AvgIpc) is 3.31. The quantitative estimate of drug-likeness (QED) is 0.529. The zero-order chi connectivity index (χ0) is 20.6. The minimum atomic E-state index is -0.960. The molecule has 1 atom stereocenters. The molecule has 29 heavy (non-hydrogen) atoms. The third-order valence-electron chi connectivity index (χ3n) is 4.81. The molecule has 152 valence electrons. The van der Waals surface area contributed by atoms with E-state index in [1.54, 1.807) is 55.5 Å². The molecule has 2 aromatic rings. The van der Waals surface area contributed by atoms with Gasteiger partial charge in [-0.25, -0.2) is 4.79 Å². The molecule has 1 fully saturated rings. The number of likely N-dealkylation sites (tertiary alicyclic amines) is 1. The highest BCUT2D eigenvalue weighted by Gasteiger charge is 2.30. The van der Waals surface area contributed by atoms with Crippen molar-refractivity contribution in [2.24, 2.45) is 0 Å². The summed E-state index contributed by atoms with van der Waals surface area (Å²) in [7, 11) is 3.12. The smallest absolute Gasteiger partial charge is 0.331 e. The Hall–Kier alpha value is -3.28. The molecule has 0 spiro atoms. The van der Waals surface area contributed by atoms with E-state index in [4.69, 9.17) is 14.2 Å². The van der Waals surface area contributed by atoms with Crippen LogP contribution in [0.4, 0.5) is 0 Å². The van der Waals surface area contributed by atoms with Gasteiger partial charge in [-0.15, -0.1) is 0 Å². The molecule has 1 aliphatic heterocycles. The van der Waals surface area contributed by atoms with Crippen molar-refractivity contribution < 1.29 is 23.8 Å². The normalized spacial score (nSPS) is 14.6. The second kappa shape index (κ2) is 9.78. The number of carbonyl (C=O) groups is 2. The summed E-state index contributed by atoms with van der Waals surface area (Å²) in [6.45, 7) is 1.38. The van der Waals surface area contributed by atoms with Crippen LogP contribution in [0.15, 0.2) is 54.6 Å². The highest BCUT2D eigenvalue weighted by atomic mass is 16.5. The molecule has 6 nitrogen and oxygen atoms in total. The molecule has 0 aromatic heterocycles. The van der Waals surface area contributed by atoms with Crippen molar-refractivity contribution >= 4 is 18.0 Å². The third-order valence-corrected chi connectivity index (χ3v) is 4.81. The van der Waals surface area contributed by atoms with Gasteiger partial charge in [0.15, 0.2) is 0 Å². The SMILES string of the molecule is COc1ccc(OC)c(/C=C/C(=O)O[C@@H](C(=O)N2CCCC2)c2ccccc2)c1. The van der Waals surface area contributed by atoms with Gasteiger partial charge in [0, 0.05) is 30.3 Å². The zero-order valence-electron chi connectivity index (χ0n) is 16.7. The molecule has 1 amide bonds. The molecule has 1 saturated heterocycles. The largest absolute Gasteiger partial charge is 0.497 e. The second-order valence-corrected chi connectivity index (χ2v) is 6.70. The fraction of sp³-hybridized carbons (Fsp3) is 0.304. The standard InChI is InChI=1S/C23H25NO5/c1-27-19-11-12-20(28-2)18(16-19)10-13-21(25)29-22(17-8-4-3-5-9-17)23(26)24-14-6-7-15-24/h3-5,8-13,16,22H,6-7,14-15H2,1-2H3/b13-10+/t22-/m1/s1. The van der Waals surface area contributed by atoms with E-state index in [1.165, 1.54) is 6.08 Å². The fourth-order valence-electron chi connectivity index (χ4n) is 3.28. The molecular weight excluding hydrogens is 370 g/mol. The molecule has 1 aliphatic rings. The Balaban J connectivity index is 1.78. The maximum absolute atomic E-state index is 12.9. The maximum Gasteiger partial charge on any atom is 0.331 e. The predicted molar refractivity (Wildman–Crippen MR) is 110 cm³/mol. The molecule has 2 aromatic carbocycles. The van der Waals surface area contributed by atoms with E-state index in [0.29, 0.717) is 35.7 Å². The van der Waals surface area contributed by atoms with Gasteiger partial charge in [-0.2, -0.15) is 0 Å². The summed E-state index contributed by atoms with van der Waals surface area (Å²) in [5, 5.41) is 0. The lowest BCUT2D eigenvalue weighted by Gasteiger charge is -2.23. The van der Waals surface area contributed by atoms with E-state index in [1.807, 2.05) is 18.2 Å². The van der Waals surface area contributed by atoms with E-state index >= 15 is 0 Å². The highest BCUT2D eigenvalue weighted by Crippen LogP contribution is 2.26. The monoisotopic (exact) mass is 395 g/mol. The topological polar surface area (TPSA) is 65.1 Å². The zero-order valence-corrected chi connectivity index (χ0v) is 16.7. The van der Waals surface area contributed by atoms with Crippen molar-refractivity contribution in [1.29, 1.82) is 0 Å². The number of rotatable bonds is 7. The summed E-state index contributed by atoms with van der Waals surface area (Å²) in [5.41, 5.74) is 1.33. The lowest BCUT2D eigenvalue weighted by Crippen LogP contribution is -2.34. The van der Waals surface area contributed by atoms with Crippen LogP contribution in [0.1, 0.15) is 30.1 Å². The number of carbonyl (C=O) groups excluding carboxylic acids is 2. The van der Waals surface area contributed by atoms with Gasteiger partial charge in [-0.05, 0) is 37.1 Å². The van der Waals surface area contributed by atoms with Crippen molar-refractivity contribution in [2.45, 2.75) is 18.9 Å². The van der Waals surface area contributed by atoms with Crippen LogP contribution < -0.4 is 9.47 Å². The summed E-state index contributed by atoms with van der Waals surface area (Å²) < 4.78 is 16.1. The molecular formula is C23H25NO5. The Bertz CT molecular complexity index is 872. The van der Waals surface area contributed by atoms with Gasteiger partial charge < -0.3 is 19.1 Å². The van der Waals surface area contributed by atoms with Gasteiger partial charge in [-0.1, -0.05) is 30.3 Å². The molecule has 6 heteroatoms. The van der Waals surface area contributed by atoms with Crippen molar-refractivity contribution in [1.82, 2.24) is 4.90 Å². The van der Waals surface area contributed by atoms with Crippen LogP contribution >= 0.6 is 0 Å². The number of nitrogens with zero attached hydrogens (tertiary/aromatic N) is 1. The number of hydrogen-bond acceptors (Lipinski definition) is 5. The number of ether oxygens (including phenoxy) is 3. The van der Waals surface area contributed by atoms with E-state index < -0.39 is 12.1 Å². The summed E-state index contributed by atoms with van der Waals surface area (Å²) in [6.07, 6.45) is 3.86. The van der Waals surface area contributed by atoms with Crippen LogP contribution in [0.3, 0.4) is 0 Å². The Morgan fingerprint density at radius 3 is 2.38 bits per heavy atom. The summed E-state index contributed by atoms with van der Waals surface area (Å²) in [5.74, 6) is 0.457. The molecule has 0 radical (unpaired) electrons. The fourth-order valence-corrected chi connectivity index (χ4v) is 3.28. The molecule has 0 aliphatic carbocycles. The predicted octanol–water partition coefficient (Wildman–Crippen LogP) is 3.62. The van der Waals surface area contributed by atoms with Gasteiger partial charge >= 0.3 is 5.97 Å². The molecule has 0 N–H and O–H groups in total. The molecule has 0 bridgehead atoms. The lowest BCUT2D eigenvalue weighted by atomic mass is 10.1. The van der Waals surface area contributed by atoms with Crippen LogP contribution in [-0.4, -0.2) is 44.1 Å². The van der Waals surface area contributed by atoms with E-state index in [2.05, 4.69) is 0 Å². The Morgan fingerprint density at radius 2 is 1.72 bits per heavy atom. The minimum absolute atomic E-state index is 0.186. The van der Waals surface area contributed by atoms with Gasteiger partial charge in [0.2, 0.25) is 6.10 Å². The summed E-state index contributed by atoms with van der Waals surface area (Å²) in [4.78, 5) is 27.2.